The first-order valence-electron chi connectivity index (χ1n) is 7.71. The molecule has 0 bridgehead atoms. The number of carbonyl (C=O) groups is 1. The van der Waals surface area contributed by atoms with Crippen LogP contribution in [0.15, 0.2) is 54.6 Å². The van der Waals surface area contributed by atoms with Crippen LogP contribution in [0.4, 0.5) is 4.39 Å². The van der Waals surface area contributed by atoms with Crippen molar-refractivity contribution < 1.29 is 9.18 Å². The zero-order chi connectivity index (χ0) is 15.6. The summed E-state index contributed by atoms with van der Waals surface area (Å²) in [5, 5.41) is 3.06. The number of amides is 1. The van der Waals surface area contributed by atoms with Gasteiger partial charge in [-0.05, 0) is 42.0 Å². The maximum absolute atomic E-state index is 13.0. The van der Waals surface area contributed by atoms with Crippen molar-refractivity contribution in [2.24, 2.45) is 0 Å². The fraction of sp³-hybridized carbons (Fsp3) is 0.316. The van der Waals surface area contributed by atoms with Crippen LogP contribution >= 0.6 is 0 Å². The van der Waals surface area contributed by atoms with Gasteiger partial charge in [-0.2, -0.15) is 0 Å². The highest BCUT2D eigenvalue weighted by atomic mass is 19.1. The fourth-order valence-corrected chi connectivity index (χ4v) is 2.86. The smallest absolute Gasteiger partial charge is 0.230 e. The number of carbonyl (C=O) groups excluding carboxylic acids is 1. The predicted octanol–water partition coefficient (Wildman–Crippen LogP) is 3.78. The maximum atomic E-state index is 13.0. The molecule has 1 aliphatic carbocycles. The Kier molecular flexibility index (Phi) is 3.97. The van der Waals surface area contributed by atoms with E-state index in [1.807, 2.05) is 18.2 Å². The quantitative estimate of drug-likeness (QED) is 0.894. The molecule has 1 N–H and O–H groups in total. The summed E-state index contributed by atoms with van der Waals surface area (Å²) in [6.07, 6.45) is 1.67. The van der Waals surface area contributed by atoms with Gasteiger partial charge in [-0.1, -0.05) is 49.4 Å². The van der Waals surface area contributed by atoms with E-state index in [-0.39, 0.29) is 17.6 Å². The van der Waals surface area contributed by atoms with Gasteiger partial charge in [0.05, 0.1) is 5.41 Å². The molecular formula is C19H20FNO. The third kappa shape index (κ3) is 2.89. The van der Waals surface area contributed by atoms with E-state index in [4.69, 9.17) is 0 Å². The standard InChI is InChI=1S/C19H20FNO/c1-14(15-5-3-2-4-6-15)13-21-18(22)19(11-12-19)16-7-9-17(20)10-8-16/h2-10,14H,11-13H2,1H3,(H,21,22). The number of nitrogens with one attached hydrogen (secondary N) is 1. The third-order valence-corrected chi connectivity index (χ3v) is 4.52. The number of rotatable bonds is 5. The molecule has 0 aliphatic heterocycles. The molecule has 22 heavy (non-hydrogen) atoms. The lowest BCUT2D eigenvalue weighted by Gasteiger charge is -2.18. The van der Waals surface area contributed by atoms with Crippen LogP contribution in [0.5, 0.6) is 0 Å². The Balaban J connectivity index is 1.64. The molecule has 1 aliphatic rings. The molecule has 0 radical (unpaired) electrons. The Morgan fingerprint density at radius 3 is 2.36 bits per heavy atom. The zero-order valence-corrected chi connectivity index (χ0v) is 12.7. The molecule has 0 aromatic heterocycles. The Hall–Kier alpha value is -2.16. The van der Waals surface area contributed by atoms with Gasteiger partial charge in [0.15, 0.2) is 0 Å². The highest BCUT2D eigenvalue weighted by Gasteiger charge is 2.51. The first-order valence-corrected chi connectivity index (χ1v) is 7.71. The van der Waals surface area contributed by atoms with E-state index in [1.165, 1.54) is 17.7 Å². The summed E-state index contributed by atoms with van der Waals surface area (Å²) < 4.78 is 13.0. The van der Waals surface area contributed by atoms with Gasteiger partial charge in [0.2, 0.25) is 5.91 Å². The molecule has 2 aromatic rings. The highest BCUT2D eigenvalue weighted by molar-refractivity contribution is 5.91. The van der Waals surface area contributed by atoms with Gasteiger partial charge >= 0.3 is 0 Å². The molecule has 1 saturated carbocycles. The lowest BCUT2D eigenvalue weighted by molar-refractivity contribution is -0.123. The normalized spacial score (nSPS) is 16.8. The minimum absolute atomic E-state index is 0.0573. The van der Waals surface area contributed by atoms with Crippen molar-refractivity contribution in [3.8, 4) is 0 Å². The second kappa shape index (κ2) is 5.91. The van der Waals surface area contributed by atoms with Crippen molar-refractivity contribution in [2.75, 3.05) is 6.54 Å². The lowest BCUT2D eigenvalue weighted by Crippen LogP contribution is -2.36. The van der Waals surface area contributed by atoms with E-state index in [1.54, 1.807) is 12.1 Å². The average Bonchev–Trinajstić information content (AvgIpc) is 3.35. The van der Waals surface area contributed by atoms with Gasteiger partial charge in [0.1, 0.15) is 5.82 Å². The van der Waals surface area contributed by atoms with Gasteiger partial charge < -0.3 is 5.32 Å². The van der Waals surface area contributed by atoms with E-state index < -0.39 is 5.41 Å². The van der Waals surface area contributed by atoms with Crippen LogP contribution in [-0.2, 0) is 10.2 Å². The Morgan fingerprint density at radius 1 is 1.14 bits per heavy atom. The third-order valence-electron chi connectivity index (χ3n) is 4.52. The van der Waals surface area contributed by atoms with Gasteiger partial charge in [0, 0.05) is 6.54 Å². The van der Waals surface area contributed by atoms with E-state index in [2.05, 4.69) is 24.4 Å². The largest absolute Gasteiger partial charge is 0.355 e. The number of hydrogen-bond acceptors (Lipinski definition) is 1. The van der Waals surface area contributed by atoms with Gasteiger partial charge in [-0.15, -0.1) is 0 Å². The number of hydrogen-bond donors (Lipinski definition) is 1. The van der Waals surface area contributed by atoms with Crippen LogP contribution in [0, 0.1) is 5.82 Å². The summed E-state index contributed by atoms with van der Waals surface area (Å²) in [5.74, 6) is 0.0636. The Morgan fingerprint density at radius 2 is 1.77 bits per heavy atom. The summed E-state index contributed by atoms with van der Waals surface area (Å²) in [5.41, 5.74) is 1.69. The highest BCUT2D eigenvalue weighted by Crippen LogP contribution is 2.48. The molecule has 3 rings (SSSR count). The molecule has 1 fully saturated rings. The monoisotopic (exact) mass is 297 g/mol. The van der Waals surface area contributed by atoms with Crippen LogP contribution in [0.3, 0.4) is 0 Å². The van der Waals surface area contributed by atoms with Crippen molar-refractivity contribution in [3.05, 3.63) is 71.5 Å². The summed E-state index contributed by atoms with van der Waals surface area (Å²) in [6.45, 7) is 2.72. The molecule has 0 spiro atoms. The van der Waals surface area contributed by atoms with Crippen molar-refractivity contribution in [1.29, 1.82) is 0 Å². The summed E-state index contributed by atoms with van der Waals surface area (Å²) in [6, 6.07) is 16.5. The molecule has 114 valence electrons. The molecule has 1 amide bonds. The predicted molar refractivity (Wildman–Crippen MR) is 85.2 cm³/mol. The van der Waals surface area contributed by atoms with Crippen LogP contribution in [-0.4, -0.2) is 12.5 Å². The summed E-state index contributed by atoms with van der Waals surface area (Å²) in [4.78, 5) is 12.5. The SMILES string of the molecule is CC(CNC(=O)C1(c2ccc(F)cc2)CC1)c1ccccc1. The second-order valence-corrected chi connectivity index (χ2v) is 6.11. The van der Waals surface area contributed by atoms with E-state index in [0.717, 1.165) is 18.4 Å². The first kappa shape index (κ1) is 14.8. The van der Waals surface area contributed by atoms with E-state index in [9.17, 15) is 9.18 Å². The topological polar surface area (TPSA) is 29.1 Å². The summed E-state index contributed by atoms with van der Waals surface area (Å²) in [7, 11) is 0. The van der Waals surface area contributed by atoms with Crippen molar-refractivity contribution in [3.63, 3.8) is 0 Å². The second-order valence-electron chi connectivity index (χ2n) is 6.11. The van der Waals surface area contributed by atoms with Crippen LogP contribution < -0.4 is 5.32 Å². The number of benzene rings is 2. The molecule has 2 nitrogen and oxygen atoms in total. The molecule has 1 atom stereocenters. The van der Waals surface area contributed by atoms with Gasteiger partial charge in [-0.3, -0.25) is 4.79 Å². The minimum Gasteiger partial charge on any atom is -0.355 e. The Bertz CT molecular complexity index is 647. The average molecular weight is 297 g/mol. The maximum Gasteiger partial charge on any atom is 0.230 e. The minimum atomic E-state index is -0.440. The molecule has 2 aromatic carbocycles. The lowest BCUT2D eigenvalue weighted by atomic mass is 9.94. The van der Waals surface area contributed by atoms with E-state index in [0.29, 0.717) is 6.54 Å². The van der Waals surface area contributed by atoms with Crippen LogP contribution in [0.2, 0.25) is 0 Å². The van der Waals surface area contributed by atoms with Crippen LogP contribution in [0.25, 0.3) is 0 Å². The van der Waals surface area contributed by atoms with Gasteiger partial charge in [0.25, 0.3) is 0 Å². The Labute approximate surface area is 130 Å². The molecular weight excluding hydrogens is 277 g/mol. The molecule has 0 saturated heterocycles. The van der Waals surface area contributed by atoms with Gasteiger partial charge in [-0.25, -0.2) is 4.39 Å². The first-order chi connectivity index (χ1) is 10.6. The van der Waals surface area contributed by atoms with Crippen molar-refractivity contribution in [1.82, 2.24) is 5.32 Å². The molecule has 3 heteroatoms. The fourth-order valence-electron chi connectivity index (χ4n) is 2.86. The van der Waals surface area contributed by atoms with Crippen molar-refractivity contribution >= 4 is 5.91 Å². The summed E-state index contributed by atoms with van der Waals surface area (Å²) >= 11 is 0. The van der Waals surface area contributed by atoms with Crippen molar-refractivity contribution in [2.45, 2.75) is 31.1 Å². The van der Waals surface area contributed by atoms with E-state index >= 15 is 0 Å². The zero-order valence-electron chi connectivity index (χ0n) is 12.7. The van der Waals surface area contributed by atoms with Crippen LogP contribution in [0.1, 0.15) is 36.8 Å². The number of halogens is 1. The molecule has 0 heterocycles. The molecule has 1 unspecified atom stereocenters.